The van der Waals surface area contributed by atoms with Crippen molar-refractivity contribution < 1.29 is 19.1 Å². The van der Waals surface area contributed by atoms with Gasteiger partial charge in [0, 0.05) is 18.7 Å². The molecule has 1 aliphatic rings. The first-order valence-corrected chi connectivity index (χ1v) is 7.39. The standard InChI is InChI=1S/C16H20N2O4/c1-12(16(21)18-9-5-6-10-18)22-14(19)11-17-15(20)13-7-3-2-4-8-13/h2-4,7-8,12H,5-6,9-11H2,1H3,(H,17,20). The van der Waals surface area contributed by atoms with Crippen LogP contribution in [0.1, 0.15) is 30.1 Å². The summed E-state index contributed by atoms with van der Waals surface area (Å²) in [4.78, 5) is 37.2. The molecule has 6 heteroatoms. The monoisotopic (exact) mass is 304 g/mol. The number of hydrogen-bond donors (Lipinski definition) is 1. The Labute approximate surface area is 129 Å². The van der Waals surface area contributed by atoms with Crippen molar-refractivity contribution in [1.82, 2.24) is 10.2 Å². The van der Waals surface area contributed by atoms with Crippen molar-refractivity contribution in [3.05, 3.63) is 35.9 Å². The average molecular weight is 304 g/mol. The molecule has 22 heavy (non-hydrogen) atoms. The quantitative estimate of drug-likeness (QED) is 0.823. The minimum atomic E-state index is -0.820. The maximum atomic E-state index is 12.0. The average Bonchev–Trinajstić information content (AvgIpc) is 3.07. The fraction of sp³-hybridized carbons (Fsp3) is 0.438. The molecule has 2 amide bonds. The Balaban J connectivity index is 1.75. The van der Waals surface area contributed by atoms with Crippen LogP contribution < -0.4 is 5.32 Å². The number of carbonyl (C=O) groups excluding carboxylic acids is 3. The maximum Gasteiger partial charge on any atom is 0.326 e. The summed E-state index contributed by atoms with van der Waals surface area (Å²) >= 11 is 0. The van der Waals surface area contributed by atoms with Crippen LogP contribution in [0.4, 0.5) is 0 Å². The largest absolute Gasteiger partial charge is 0.451 e. The Morgan fingerprint density at radius 1 is 1.18 bits per heavy atom. The predicted molar refractivity (Wildman–Crippen MR) is 80.1 cm³/mol. The summed E-state index contributed by atoms with van der Waals surface area (Å²) in [5.41, 5.74) is 0.469. The van der Waals surface area contributed by atoms with Gasteiger partial charge in [0.15, 0.2) is 6.10 Å². The highest BCUT2D eigenvalue weighted by Gasteiger charge is 2.25. The number of rotatable bonds is 5. The summed E-state index contributed by atoms with van der Waals surface area (Å²) in [6, 6.07) is 8.59. The molecule has 1 aromatic rings. The lowest BCUT2D eigenvalue weighted by Crippen LogP contribution is -2.40. The van der Waals surface area contributed by atoms with Gasteiger partial charge in [0.2, 0.25) is 0 Å². The molecule has 1 fully saturated rings. The predicted octanol–water partition coefficient (Wildman–Crippen LogP) is 0.970. The van der Waals surface area contributed by atoms with Gasteiger partial charge >= 0.3 is 5.97 Å². The molecule has 1 atom stereocenters. The van der Waals surface area contributed by atoms with Crippen LogP contribution in [-0.4, -0.2) is 48.4 Å². The van der Waals surface area contributed by atoms with E-state index in [1.807, 2.05) is 0 Å². The maximum absolute atomic E-state index is 12.0. The number of benzene rings is 1. The van der Waals surface area contributed by atoms with Crippen LogP contribution in [0.3, 0.4) is 0 Å². The molecular weight excluding hydrogens is 284 g/mol. The van der Waals surface area contributed by atoms with Crippen molar-refractivity contribution in [1.29, 1.82) is 0 Å². The Kier molecular flexibility index (Phi) is 5.52. The van der Waals surface area contributed by atoms with E-state index in [1.54, 1.807) is 42.2 Å². The van der Waals surface area contributed by atoms with E-state index in [-0.39, 0.29) is 18.4 Å². The minimum absolute atomic E-state index is 0.180. The highest BCUT2D eigenvalue weighted by molar-refractivity contribution is 5.96. The minimum Gasteiger partial charge on any atom is -0.451 e. The highest BCUT2D eigenvalue weighted by Crippen LogP contribution is 2.10. The molecule has 2 rings (SSSR count). The van der Waals surface area contributed by atoms with E-state index in [0.29, 0.717) is 18.7 Å². The van der Waals surface area contributed by atoms with Crippen LogP contribution in [-0.2, 0) is 14.3 Å². The number of esters is 1. The van der Waals surface area contributed by atoms with Crippen molar-refractivity contribution in [3.8, 4) is 0 Å². The molecule has 1 aromatic carbocycles. The van der Waals surface area contributed by atoms with Gasteiger partial charge in [-0.25, -0.2) is 0 Å². The summed E-state index contributed by atoms with van der Waals surface area (Å²) in [5.74, 6) is -1.15. The number of ether oxygens (including phenoxy) is 1. The molecule has 0 spiro atoms. The fourth-order valence-electron chi connectivity index (χ4n) is 2.33. The number of nitrogens with one attached hydrogen (secondary N) is 1. The van der Waals surface area contributed by atoms with Crippen LogP contribution in [0.2, 0.25) is 0 Å². The summed E-state index contributed by atoms with van der Waals surface area (Å²) in [6.07, 6.45) is 1.15. The molecule has 0 bridgehead atoms. The Hall–Kier alpha value is -2.37. The number of nitrogens with zero attached hydrogens (tertiary/aromatic N) is 1. The first-order valence-electron chi connectivity index (χ1n) is 7.39. The molecule has 118 valence electrons. The van der Waals surface area contributed by atoms with Crippen LogP contribution in [0.15, 0.2) is 30.3 Å². The zero-order valence-electron chi connectivity index (χ0n) is 12.6. The zero-order valence-corrected chi connectivity index (χ0v) is 12.6. The SMILES string of the molecule is CC(OC(=O)CNC(=O)c1ccccc1)C(=O)N1CCCC1. The summed E-state index contributed by atoms with van der Waals surface area (Å²) in [6.45, 7) is 2.72. The summed E-state index contributed by atoms with van der Waals surface area (Å²) in [7, 11) is 0. The van der Waals surface area contributed by atoms with Crippen LogP contribution in [0.5, 0.6) is 0 Å². The zero-order chi connectivity index (χ0) is 15.9. The van der Waals surface area contributed by atoms with Crippen LogP contribution >= 0.6 is 0 Å². The lowest BCUT2D eigenvalue weighted by molar-refractivity contribution is -0.157. The highest BCUT2D eigenvalue weighted by atomic mass is 16.5. The van der Waals surface area contributed by atoms with Crippen molar-refractivity contribution in [2.24, 2.45) is 0 Å². The van der Waals surface area contributed by atoms with Gasteiger partial charge in [0.1, 0.15) is 6.54 Å². The lowest BCUT2D eigenvalue weighted by atomic mass is 10.2. The van der Waals surface area contributed by atoms with Crippen molar-refractivity contribution in [3.63, 3.8) is 0 Å². The third-order valence-corrected chi connectivity index (χ3v) is 3.50. The third-order valence-electron chi connectivity index (χ3n) is 3.50. The molecular formula is C16H20N2O4. The van der Waals surface area contributed by atoms with E-state index in [1.165, 1.54) is 0 Å². The Morgan fingerprint density at radius 3 is 2.45 bits per heavy atom. The first-order chi connectivity index (χ1) is 10.6. The first kappa shape index (κ1) is 16.0. The summed E-state index contributed by atoms with van der Waals surface area (Å²) < 4.78 is 5.07. The van der Waals surface area contributed by atoms with Crippen molar-refractivity contribution >= 4 is 17.8 Å². The second-order valence-corrected chi connectivity index (χ2v) is 5.21. The van der Waals surface area contributed by atoms with Crippen LogP contribution in [0, 0.1) is 0 Å². The lowest BCUT2D eigenvalue weighted by Gasteiger charge is -2.20. The third kappa shape index (κ3) is 4.31. The molecule has 6 nitrogen and oxygen atoms in total. The van der Waals surface area contributed by atoms with E-state index in [2.05, 4.69) is 5.32 Å². The van der Waals surface area contributed by atoms with E-state index in [0.717, 1.165) is 12.8 Å². The van der Waals surface area contributed by atoms with Gasteiger partial charge in [-0.3, -0.25) is 14.4 Å². The molecule has 1 aliphatic heterocycles. The van der Waals surface area contributed by atoms with Gasteiger partial charge in [0.05, 0.1) is 0 Å². The van der Waals surface area contributed by atoms with Crippen molar-refractivity contribution in [2.75, 3.05) is 19.6 Å². The molecule has 0 radical (unpaired) electrons. The molecule has 1 heterocycles. The topological polar surface area (TPSA) is 75.7 Å². The Bertz CT molecular complexity index is 538. The van der Waals surface area contributed by atoms with E-state index >= 15 is 0 Å². The van der Waals surface area contributed by atoms with Gasteiger partial charge in [0.25, 0.3) is 11.8 Å². The van der Waals surface area contributed by atoms with Gasteiger partial charge in [-0.2, -0.15) is 0 Å². The normalized spacial score (nSPS) is 15.2. The van der Waals surface area contributed by atoms with Gasteiger partial charge < -0.3 is 15.0 Å². The van der Waals surface area contributed by atoms with Gasteiger partial charge in [-0.15, -0.1) is 0 Å². The molecule has 1 N–H and O–H groups in total. The molecule has 1 saturated heterocycles. The smallest absolute Gasteiger partial charge is 0.326 e. The number of amides is 2. The second kappa shape index (κ2) is 7.59. The fourth-order valence-corrected chi connectivity index (χ4v) is 2.33. The van der Waals surface area contributed by atoms with E-state index < -0.39 is 12.1 Å². The number of carbonyl (C=O) groups is 3. The summed E-state index contributed by atoms with van der Waals surface area (Å²) in [5, 5.41) is 2.47. The van der Waals surface area contributed by atoms with E-state index in [4.69, 9.17) is 4.74 Å². The second-order valence-electron chi connectivity index (χ2n) is 5.21. The molecule has 1 unspecified atom stereocenters. The Morgan fingerprint density at radius 2 is 1.82 bits per heavy atom. The number of likely N-dealkylation sites (tertiary alicyclic amines) is 1. The van der Waals surface area contributed by atoms with Gasteiger partial charge in [-0.1, -0.05) is 18.2 Å². The van der Waals surface area contributed by atoms with E-state index in [9.17, 15) is 14.4 Å². The van der Waals surface area contributed by atoms with Crippen LogP contribution in [0.25, 0.3) is 0 Å². The molecule has 0 aromatic heterocycles. The molecule has 0 aliphatic carbocycles. The number of hydrogen-bond acceptors (Lipinski definition) is 4. The van der Waals surface area contributed by atoms with Crippen molar-refractivity contribution in [2.45, 2.75) is 25.9 Å². The molecule has 0 saturated carbocycles. The van der Waals surface area contributed by atoms with Gasteiger partial charge in [-0.05, 0) is 31.9 Å².